The molecule has 0 aliphatic carbocycles. The van der Waals surface area contributed by atoms with Crippen molar-refractivity contribution in [2.24, 2.45) is 7.05 Å². The first-order valence-corrected chi connectivity index (χ1v) is 4.86. The number of hydrogen-bond acceptors (Lipinski definition) is 3. The molecule has 2 aromatic rings. The number of ether oxygens (including phenoxy) is 1. The summed E-state index contributed by atoms with van der Waals surface area (Å²) in [6.07, 6.45) is 0. The van der Waals surface area contributed by atoms with Crippen LogP contribution in [-0.4, -0.2) is 27.5 Å². The average Bonchev–Trinajstić information content (AvgIpc) is 2.52. The highest BCUT2D eigenvalue weighted by atomic mass is 16.5. The van der Waals surface area contributed by atoms with E-state index in [0.29, 0.717) is 5.75 Å². The Morgan fingerprint density at radius 1 is 1.56 bits per heavy atom. The third-order valence-electron chi connectivity index (χ3n) is 2.37. The molecular formula is C11H12N2O3. The van der Waals surface area contributed by atoms with Crippen LogP contribution in [-0.2, 0) is 11.8 Å². The van der Waals surface area contributed by atoms with Gasteiger partial charge < -0.3 is 9.84 Å². The van der Waals surface area contributed by atoms with Gasteiger partial charge in [-0.2, -0.15) is 5.10 Å². The summed E-state index contributed by atoms with van der Waals surface area (Å²) >= 11 is 0. The lowest BCUT2D eigenvalue weighted by Gasteiger charge is -2.04. The quantitative estimate of drug-likeness (QED) is 0.847. The lowest BCUT2D eigenvalue weighted by atomic mass is 10.2. The Labute approximate surface area is 92.2 Å². The van der Waals surface area contributed by atoms with Gasteiger partial charge in [-0.05, 0) is 19.1 Å². The molecule has 0 aliphatic rings. The minimum atomic E-state index is -0.987. The van der Waals surface area contributed by atoms with Gasteiger partial charge in [0.2, 0.25) is 0 Å². The first-order valence-electron chi connectivity index (χ1n) is 4.86. The molecule has 5 heteroatoms. The Hall–Kier alpha value is -2.04. The predicted molar refractivity (Wildman–Crippen MR) is 58.6 cm³/mol. The molecule has 0 aliphatic heterocycles. The smallest absolute Gasteiger partial charge is 0.341 e. The molecule has 5 nitrogen and oxygen atoms in total. The molecule has 0 spiro atoms. The van der Waals surface area contributed by atoms with Gasteiger partial charge in [0.05, 0.1) is 16.6 Å². The van der Waals surface area contributed by atoms with Gasteiger partial charge >= 0.3 is 5.97 Å². The van der Waals surface area contributed by atoms with Crippen molar-refractivity contribution in [3.8, 4) is 5.75 Å². The monoisotopic (exact) mass is 220 g/mol. The van der Waals surface area contributed by atoms with Crippen LogP contribution in [0.25, 0.3) is 10.9 Å². The van der Waals surface area contributed by atoms with Gasteiger partial charge in [0, 0.05) is 7.05 Å². The molecule has 1 aromatic carbocycles. The summed E-state index contributed by atoms with van der Waals surface area (Å²) < 4.78 is 6.97. The summed E-state index contributed by atoms with van der Waals surface area (Å²) in [5, 5.41) is 13.7. The molecule has 0 radical (unpaired) electrons. The largest absolute Gasteiger partial charge is 0.481 e. The molecule has 1 N–H and O–H groups in total. The summed E-state index contributed by atoms with van der Waals surface area (Å²) in [6, 6.07) is 5.49. The second-order valence-corrected chi connectivity index (χ2v) is 3.54. The van der Waals surface area contributed by atoms with Crippen molar-refractivity contribution in [1.82, 2.24) is 9.78 Å². The van der Waals surface area contributed by atoms with Gasteiger partial charge in [0.15, 0.2) is 6.61 Å². The molecule has 0 saturated carbocycles. The van der Waals surface area contributed by atoms with E-state index in [9.17, 15) is 4.79 Å². The van der Waals surface area contributed by atoms with Gasteiger partial charge in [0.25, 0.3) is 0 Å². The highest BCUT2D eigenvalue weighted by molar-refractivity contribution is 5.88. The van der Waals surface area contributed by atoms with Crippen LogP contribution in [0.5, 0.6) is 5.75 Å². The van der Waals surface area contributed by atoms with Crippen LogP contribution < -0.4 is 4.74 Å². The Morgan fingerprint density at radius 2 is 2.31 bits per heavy atom. The third kappa shape index (κ3) is 1.71. The Bertz CT molecular complexity index is 545. The number of carbonyl (C=O) groups is 1. The van der Waals surface area contributed by atoms with E-state index < -0.39 is 5.97 Å². The van der Waals surface area contributed by atoms with E-state index in [1.165, 1.54) is 0 Å². The summed E-state index contributed by atoms with van der Waals surface area (Å²) in [4.78, 5) is 10.5. The number of aromatic nitrogens is 2. The second-order valence-electron chi connectivity index (χ2n) is 3.54. The molecule has 16 heavy (non-hydrogen) atoms. The number of fused-ring (bicyclic) bond motifs is 1. The molecule has 1 heterocycles. The maximum absolute atomic E-state index is 10.5. The summed E-state index contributed by atoms with van der Waals surface area (Å²) in [5.41, 5.74) is 1.76. The number of carboxylic acids is 1. The van der Waals surface area contributed by atoms with Crippen molar-refractivity contribution in [3.63, 3.8) is 0 Å². The Morgan fingerprint density at radius 3 is 3.00 bits per heavy atom. The molecule has 0 atom stereocenters. The fraction of sp³-hybridized carbons (Fsp3) is 0.273. The van der Waals surface area contributed by atoms with E-state index in [0.717, 1.165) is 16.6 Å². The van der Waals surface area contributed by atoms with Crippen molar-refractivity contribution < 1.29 is 14.6 Å². The molecule has 2 rings (SSSR count). The van der Waals surface area contributed by atoms with E-state index in [-0.39, 0.29) is 6.61 Å². The Balaban J connectivity index is 2.48. The van der Waals surface area contributed by atoms with Crippen molar-refractivity contribution in [2.45, 2.75) is 6.92 Å². The number of nitrogens with zero attached hydrogens (tertiary/aromatic N) is 2. The molecule has 0 saturated heterocycles. The van der Waals surface area contributed by atoms with Crippen molar-refractivity contribution in [2.75, 3.05) is 6.61 Å². The van der Waals surface area contributed by atoms with E-state index in [2.05, 4.69) is 5.10 Å². The lowest BCUT2D eigenvalue weighted by molar-refractivity contribution is -0.139. The maximum atomic E-state index is 10.5. The number of benzene rings is 1. The number of aryl methyl sites for hydroxylation is 2. The maximum Gasteiger partial charge on any atom is 0.341 e. The van der Waals surface area contributed by atoms with Crippen LogP contribution in [0.2, 0.25) is 0 Å². The highest BCUT2D eigenvalue weighted by Crippen LogP contribution is 2.27. The minimum Gasteiger partial charge on any atom is -0.481 e. The van der Waals surface area contributed by atoms with Crippen LogP contribution >= 0.6 is 0 Å². The fourth-order valence-corrected chi connectivity index (χ4v) is 1.74. The van der Waals surface area contributed by atoms with Crippen molar-refractivity contribution in [1.29, 1.82) is 0 Å². The topological polar surface area (TPSA) is 64.4 Å². The predicted octanol–water partition coefficient (Wildman–Crippen LogP) is 1.35. The third-order valence-corrected chi connectivity index (χ3v) is 2.37. The molecule has 0 unspecified atom stereocenters. The Kier molecular flexibility index (Phi) is 2.52. The summed E-state index contributed by atoms with van der Waals surface area (Å²) in [7, 11) is 1.84. The summed E-state index contributed by atoms with van der Waals surface area (Å²) in [6.45, 7) is 1.53. The van der Waals surface area contributed by atoms with Crippen LogP contribution in [0, 0.1) is 6.92 Å². The van der Waals surface area contributed by atoms with Crippen LogP contribution in [0.3, 0.4) is 0 Å². The van der Waals surface area contributed by atoms with Crippen LogP contribution in [0.1, 0.15) is 5.69 Å². The number of aliphatic carboxylic acids is 1. The van der Waals surface area contributed by atoms with Gasteiger partial charge in [0.1, 0.15) is 5.75 Å². The van der Waals surface area contributed by atoms with Gasteiger partial charge in [-0.15, -0.1) is 0 Å². The first-order chi connectivity index (χ1) is 7.59. The zero-order chi connectivity index (χ0) is 11.7. The molecule has 0 fully saturated rings. The van der Waals surface area contributed by atoms with Gasteiger partial charge in [-0.1, -0.05) is 6.07 Å². The van der Waals surface area contributed by atoms with Gasteiger partial charge in [-0.25, -0.2) is 4.79 Å². The van der Waals surface area contributed by atoms with Crippen molar-refractivity contribution >= 4 is 16.9 Å². The van der Waals surface area contributed by atoms with Gasteiger partial charge in [-0.3, -0.25) is 4.68 Å². The SMILES string of the molecule is Cc1nn(C)c2cccc(OCC(=O)O)c12. The highest BCUT2D eigenvalue weighted by Gasteiger charge is 2.11. The molecule has 0 bridgehead atoms. The van der Waals surface area contributed by atoms with E-state index >= 15 is 0 Å². The minimum absolute atomic E-state index is 0.340. The zero-order valence-corrected chi connectivity index (χ0v) is 9.10. The normalized spacial score (nSPS) is 10.6. The van der Waals surface area contributed by atoms with Crippen LogP contribution in [0.4, 0.5) is 0 Å². The molecular weight excluding hydrogens is 208 g/mol. The van der Waals surface area contributed by atoms with Crippen molar-refractivity contribution in [3.05, 3.63) is 23.9 Å². The van der Waals surface area contributed by atoms with Crippen LogP contribution in [0.15, 0.2) is 18.2 Å². The number of carboxylic acid groups (broad SMARTS) is 1. The fourth-order valence-electron chi connectivity index (χ4n) is 1.74. The standard InChI is InChI=1S/C11H12N2O3/c1-7-11-8(13(2)12-7)4-3-5-9(11)16-6-10(14)15/h3-5H,6H2,1-2H3,(H,14,15). The second kappa shape index (κ2) is 3.84. The lowest BCUT2D eigenvalue weighted by Crippen LogP contribution is -2.09. The van der Waals surface area contributed by atoms with E-state index in [1.54, 1.807) is 10.7 Å². The summed E-state index contributed by atoms with van der Waals surface area (Å²) in [5.74, 6) is -0.427. The molecule has 84 valence electrons. The molecule has 1 aromatic heterocycles. The van der Waals surface area contributed by atoms with E-state index in [4.69, 9.17) is 9.84 Å². The number of hydrogen-bond donors (Lipinski definition) is 1. The zero-order valence-electron chi connectivity index (χ0n) is 9.10. The average molecular weight is 220 g/mol. The first kappa shape index (κ1) is 10.5. The van der Waals surface area contributed by atoms with E-state index in [1.807, 2.05) is 26.1 Å². The number of rotatable bonds is 3. The molecule has 0 amide bonds.